The van der Waals surface area contributed by atoms with Crippen LogP contribution < -0.4 is 5.73 Å². The summed E-state index contributed by atoms with van der Waals surface area (Å²) in [5, 5.41) is 5.05. The average Bonchev–Trinajstić information content (AvgIpc) is 3.57. The van der Waals surface area contributed by atoms with E-state index in [0.29, 0.717) is 53.8 Å². The van der Waals surface area contributed by atoms with E-state index < -0.39 is 5.82 Å². The van der Waals surface area contributed by atoms with Gasteiger partial charge in [0, 0.05) is 25.2 Å². The van der Waals surface area contributed by atoms with Gasteiger partial charge in [-0.1, -0.05) is 24.1 Å². The van der Waals surface area contributed by atoms with Crippen molar-refractivity contribution in [2.45, 2.75) is 25.9 Å². The standard InChI is InChI=1S/C23H20ClFN8O/c1-3-17(34)32-8-7-14(10-32)33-23-18(22(26)27-11-28-23)15(30-33)6-5-13-9-16-21(20(25)19(13)24)31(4-2)12-29-16/h3,9,11-12,14H,1,4,7-8,10H2,2H3,(H2,26,27,28)/t14-/m0/s1. The van der Waals surface area contributed by atoms with Crippen LogP contribution >= 0.6 is 11.6 Å². The summed E-state index contributed by atoms with van der Waals surface area (Å²) in [7, 11) is 0. The number of aromatic nitrogens is 6. The molecule has 1 atom stereocenters. The van der Waals surface area contributed by atoms with Gasteiger partial charge in [-0.05, 0) is 31.4 Å². The van der Waals surface area contributed by atoms with E-state index in [1.165, 1.54) is 12.4 Å². The minimum absolute atomic E-state index is 0.0856. The molecule has 5 rings (SSSR count). The lowest BCUT2D eigenvalue weighted by Gasteiger charge is -2.14. The van der Waals surface area contributed by atoms with Gasteiger partial charge in [0.1, 0.15) is 23.4 Å². The zero-order valence-corrected chi connectivity index (χ0v) is 19.1. The van der Waals surface area contributed by atoms with Crippen molar-refractivity contribution in [2.24, 2.45) is 0 Å². The summed E-state index contributed by atoms with van der Waals surface area (Å²) in [6.07, 6.45) is 4.92. The maximum absolute atomic E-state index is 15.0. The Bertz CT molecular complexity index is 1530. The van der Waals surface area contributed by atoms with Gasteiger partial charge in [-0.15, -0.1) is 0 Å². The molecule has 2 N–H and O–H groups in total. The zero-order valence-electron chi connectivity index (χ0n) is 18.3. The first-order valence-electron chi connectivity index (χ1n) is 10.7. The van der Waals surface area contributed by atoms with Gasteiger partial charge in [-0.25, -0.2) is 24.0 Å². The van der Waals surface area contributed by atoms with E-state index in [9.17, 15) is 9.18 Å². The largest absolute Gasteiger partial charge is 0.383 e. The van der Waals surface area contributed by atoms with E-state index in [1.807, 2.05) is 6.92 Å². The molecule has 9 nitrogen and oxygen atoms in total. The van der Waals surface area contributed by atoms with Crippen molar-refractivity contribution in [1.82, 2.24) is 34.2 Å². The molecule has 1 saturated heterocycles. The number of nitrogen functional groups attached to an aromatic ring is 1. The maximum Gasteiger partial charge on any atom is 0.246 e. The molecule has 172 valence electrons. The Morgan fingerprint density at radius 1 is 1.38 bits per heavy atom. The number of aryl methyl sites for hydroxylation is 1. The summed E-state index contributed by atoms with van der Waals surface area (Å²) in [5.41, 5.74) is 8.08. The minimum atomic E-state index is -0.570. The van der Waals surface area contributed by atoms with Gasteiger partial charge in [0.25, 0.3) is 0 Å². The first kappa shape index (κ1) is 21.9. The number of carbonyl (C=O) groups is 1. The van der Waals surface area contributed by atoms with Crippen molar-refractivity contribution in [1.29, 1.82) is 0 Å². The maximum atomic E-state index is 15.0. The van der Waals surface area contributed by atoms with Gasteiger partial charge in [-0.3, -0.25) is 4.79 Å². The summed E-state index contributed by atoms with van der Waals surface area (Å²) in [5.74, 6) is 5.40. The lowest BCUT2D eigenvalue weighted by Crippen LogP contribution is -2.27. The summed E-state index contributed by atoms with van der Waals surface area (Å²) >= 11 is 6.30. The van der Waals surface area contributed by atoms with Crippen LogP contribution in [0.1, 0.15) is 30.6 Å². The Morgan fingerprint density at radius 3 is 2.97 bits per heavy atom. The highest BCUT2D eigenvalue weighted by Gasteiger charge is 2.29. The van der Waals surface area contributed by atoms with Crippen molar-refractivity contribution in [3.05, 3.63) is 53.5 Å². The molecule has 34 heavy (non-hydrogen) atoms. The molecular formula is C23H20ClFN8O. The third kappa shape index (κ3) is 3.45. The fourth-order valence-electron chi connectivity index (χ4n) is 4.23. The van der Waals surface area contributed by atoms with E-state index in [-0.39, 0.29) is 28.4 Å². The molecule has 0 bridgehead atoms. The number of hydrogen-bond acceptors (Lipinski definition) is 6. The lowest BCUT2D eigenvalue weighted by molar-refractivity contribution is -0.125. The molecule has 4 aromatic rings. The predicted molar refractivity (Wildman–Crippen MR) is 127 cm³/mol. The van der Waals surface area contributed by atoms with Crippen LogP contribution in [0.25, 0.3) is 22.1 Å². The number of likely N-dealkylation sites (tertiary alicyclic amines) is 1. The number of halogens is 2. The number of fused-ring (bicyclic) bond motifs is 2. The smallest absolute Gasteiger partial charge is 0.246 e. The van der Waals surface area contributed by atoms with Gasteiger partial charge in [0.15, 0.2) is 11.5 Å². The number of amides is 1. The molecule has 0 radical (unpaired) electrons. The molecule has 4 heterocycles. The molecule has 3 aromatic heterocycles. The van der Waals surface area contributed by atoms with Crippen molar-refractivity contribution < 1.29 is 9.18 Å². The third-order valence-corrected chi connectivity index (χ3v) is 6.32. The second kappa shape index (κ2) is 8.43. The Labute approximate surface area is 199 Å². The quantitative estimate of drug-likeness (QED) is 0.358. The number of rotatable bonds is 3. The molecule has 0 unspecified atom stereocenters. The molecule has 0 spiro atoms. The Morgan fingerprint density at radius 2 is 2.21 bits per heavy atom. The van der Waals surface area contributed by atoms with Gasteiger partial charge < -0.3 is 15.2 Å². The number of nitrogens with zero attached hydrogens (tertiary/aromatic N) is 7. The highest BCUT2D eigenvalue weighted by Crippen LogP contribution is 2.30. The predicted octanol–water partition coefficient (Wildman–Crippen LogP) is 2.93. The molecule has 0 aliphatic carbocycles. The molecular weight excluding hydrogens is 459 g/mol. The second-order valence-corrected chi connectivity index (χ2v) is 8.26. The molecule has 1 aromatic carbocycles. The van der Waals surface area contributed by atoms with Crippen molar-refractivity contribution in [3.8, 4) is 11.8 Å². The summed E-state index contributed by atoms with van der Waals surface area (Å²) in [4.78, 5) is 26.4. The highest BCUT2D eigenvalue weighted by atomic mass is 35.5. The van der Waals surface area contributed by atoms with Crippen LogP contribution in [0.15, 0.2) is 31.4 Å². The third-order valence-electron chi connectivity index (χ3n) is 5.95. The van der Waals surface area contributed by atoms with Crippen LogP contribution in [0.3, 0.4) is 0 Å². The first-order chi connectivity index (χ1) is 16.4. The fourth-order valence-corrected chi connectivity index (χ4v) is 4.42. The van der Waals surface area contributed by atoms with Crippen LogP contribution in [-0.4, -0.2) is 53.2 Å². The minimum Gasteiger partial charge on any atom is -0.383 e. The number of nitrogens with two attached hydrogens (primary N) is 1. The number of carbonyl (C=O) groups excluding carboxylic acids is 1. The van der Waals surface area contributed by atoms with Crippen molar-refractivity contribution in [2.75, 3.05) is 18.8 Å². The molecule has 1 fully saturated rings. The van der Waals surface area contributed by atoms with Gasteiger partial charge in [0.05, 0.1) is 28.3 Å². The first-order valence-corrected chi connectivity index (χ1v) is 11.1. The summed E-state index contributed by atoms with van der Waals surface area (Å²) in [6, 6.07) is 1.54. The molecule has 1 amide bonds. The molecule has 1 aliphatic rings. The van der Waals surface area contributed by atoms with Crippen molar-refractivity contribution >= 4 is 45.4 Å². The zero-order chi connectivity index (χ0) is 24.0. The Kier molecular flexibility index (Phi) is 5.42. The monoisotopic (exact) mass is 478 g/mol. The van der Waals surface area contributed by atoms with Gasteiger partial charge in [-0.2, -0.15) is 5.10 Å². The Hall–Kier alpha value is -3.97. The van der Waals surface area contributed by atoms with Crippen LogP contribution in [-0.2, 0) is 11.3 Å². The van der Waals surface area contributed by atoms with Gasteiger partial charge >= 0.3 is 0 Å². The molecule has 0 saturated carbocycles. The summed E-state index contributed by atoms with van der Waals surface area (Å²) < 4.78 is 18.4. The number of benzene rings is 1. The van der Waals surface area contributed by atoms with Crippen LogP contribution in [0.5, 0.6) is 0 Å². The highest BCUT2D eigenvalue weighted by molar-refractivity contribution is 6.32. The van der Waals surface area contributed by atoms with Crippen LogP contribution in [0.2, 0.25) is 5.02 Å². The normalized spacial score (nSPS) is 15.6. The average molecular weight is 479 g/mol. The topological polar surface area (TPSA) is 108 Å². The number of imidazole rings is 1. The fraction of sp³-hybridized carbons (Fsp3) is 0.261. The Balaban J connectivity index is 1.59. The van der Waals surface area contributed by atoms with E-state index >= 15 is 0 Å². The number of hydrogen-bond donors (Lipinski definition) is 1. The van der Waals surface area contributed by atoms with Crippen LogP contribution in [0, 0.1) is 17.7 Å². The van der Waals surface area contributed by atoms with Crippen LogP contribution in [0.4, 0.5) is 10.2 Å². The van der Waals surface area contributed by atoms with E-state index in [0.717, 1.165) is 0 Å². The van der Waals surface area contributed by atoms with Crippen molar-refractivity contribution in [3.63, 3.8) is 0 Å². The van der Waals surface area contributed by atoms with E-state index in [1.54, 1.807) is 26.5 Å². The summed E-state index contributed by atoms with van der Waals surface area (Å²) in [6.45, 7) is 7.05. The SMILES string of the molecule is C=CC(=O)N1CC[C@H](n2nc(C#Cc3cc4ncn(CC)c4c(F)c3Cl)c3c(N)ncnc32)C1. The number of anilines is 1. The lowest BCUT2D eigenvalue weighted by atomic mass is 10.1. The van der Waals surface area contributed by atoms with E-state index in [4.69, 9.17) is 17.3 Å². The van der Waals surface area contributed by atoms with E-state index in [2.05, 4.69) is 38.5 Å². The second-order valence-electron chi connectivity index (χ2n) is 7.88. The van der Waals surface area contributed by atoms with Gasteiger partial charge in [0.2, 0.25) is 5.91 Å². The molecule has 1 aliphatic heterocycles. The molecule has 11 heteroatoms.